The van der Waals surface area contributed by atoms with Crippen LogP contribution in [0, 0.1) is 0 Å². The van der Waals surface area contributed by atoms with E-state index in [-0.39, 0.29) is 30.1 Å². The second-order valence-corrected chi connectivity index (χ2v) is 7.86. The van der Waals surface area contributed by atoms with E-state index in [9.17, 15) is 5.11 Å². The smallest absolute Gasteiger partial charge is 0.191 e. The van der Waals surface area contributed by atoms with E-state index in [2.05, 4.69) is 27.4 Å². The van der Waals surface area contributed by atoms with Crippen LogP contribution in [0.4, 0.5) is 0 Å². The fourth-order valence-electron chi connectivity index (χ4n) is 4.22. The average Bonchev–Trinajstić information content (AvgIpc) is 3.20. The molecular formula is C21H37IN4O2. The highest BCUT2D eigenvalue weighted by Crippen LogP contribution is 2.25. The van der Waals surface area contributed by atoms with E-state index in [1.165, 1.54) is 12.8 Å². The molecule has 0 radical (unpaired) electrons. The zero-order valence-electron chi connectivity index (χ0n) is 17.1. The summed E-state index contributed by atoms with van der Waals surface area (Å²) in [7, 11) is 0. The van der Waals surface area contributed by atoms with Crippen LogP contribution in [-0.2, 0) is 6.42 Å². The maximum atomic E-state index is 10.3. The number of piperidine rings is 1. The zero-order valence-corrected chi connectivity index (χ0v) is 19.4. The molecular weight excluding hydrogens is 467 g/mol. The summed E-state index contributed by atoms with van der Waals surface area (Å²) in [6.45, 7) is 5.93. The van der Waals surface area contributed by atoms with Gasteiger partial charge >= 0.3 is 0 Å². The molecule has 2 aliphatic rings. The molecule has 2 fully saturated rings. The molecule has 160 valence electrons. The lowest BCUT2D eigenvalue weighted by atomic mass is 9.89. The minimum absolute atomic E-state index is 0. The summed E-state index contributed by atoms with van der Waals surface area (Å²) in [5.74, 6) is 1.91. The largest absolute Gasteiger partial charge is 0.469 e. The van der Waals surface area contributed by atoms with Crippen molar-refractivity contribution in [2.75, 3.05) is 26.2 Å². The van der Waals surface area contributed by atoms with Gasteiger partial charge < -0.3 is 20.2 Å². The van der Waals surface area contributed by atoms with Gasteiger partial charge in [-0.2, -0.15) is 0 Å². The minimum atomic E-state index is -0.131. The number of nitrogens with one attached hydrogen (secondary N) is 2. The number of aliphatic hydroxyl groups is 1. The van der Waals surface area contributed by atoms with Crippen LogP contribution >= 0.6 is 24.0 Å². The zero-order chi connectivity index (χ0) is 18.9. The molecule has 7 heteroatoms. The first kappa shape index (κ1) is 23.5. The highest BCUT2D eigenvalue weighted by Gasteiger charge is 2.31. The van der Waals surface area contributed by atoms with Crippen LogP contribution in [0.15, 0.2) is 27.8 Å². The van der Waals surface area contributed by atoms with Gasteiger partial charge in [-0.05, 0) is 44.2 Å². The van der Waals surface area contributed by atoms with Gasteiger partial charge in [0.25, 0.3) is 0 Å². The van der Waals surface area contributed by atoms with Gasteiger partial charge in [-0.1, -0.05) is 19.8 Å². The maximum Gasteiger partial charge on any atom is 0.191 e. The molecule has 6 nitrogen and oxygen atoms in total. The molecule has 2 unspecified atom stereocenters. The van der Waals surface area contributed by atoms with Crippen molar-refractivity contribution in [2.24, 2.45) is 4.99 Å². The minimum Gasteiger partial charge on any atom is -0.469 e. The molecule has 1 aliphatic heterocycles. The third kappa shape index (κ3) is 7.22. The summed E-state index contributed by atoms with van der Waals surface area (Å²) < 4.78 is 5.40. The lowest BCUT2D eigenvalue weighted by Crippen LogP contribution is -2.53. The first-order valence-electron chi connectivity index (χ1n) is 10.8. The van der Waals surface area contributed by atoms with Crippen LogP contribution in [0.1, 0.15) is 57.6 Å². The van der Waals surface area contributed by atoms with Crippen molar-refractivity contribution in [2.45, 2.75) is 76.5 Å². The first-order valence-corrected chi connectivity index (χ1v) is 10.8. The molecule has 1 saturated carbocycles. The topological polar surface area (TPSA) is 73.0 Å². The van der Waals surface area contributed by atoms with Crippen LogP contribution < -0.4 is 10.6 Å². The van der Waals surface area contributed by atoms with Crippen molar-refractivity contribution in [3.63, 3.8) is 0 Å². The van der Waals surface area contributed by atoms with Crippen LogP contribution in [0.5, 0.6) is 0 Å². The quantitative estimate of drug-likeness (QED) is 0.302. The Labute approximate surface area is 186 Å². The monoisotopic (exact) mass is 504 g/mol. The number of guanidine groups is 1. The van der Waals surface area contributed by atoms with Gasteiger partial charge in [-0.3, -0.25) is 9.89 Å². The fraction of sp³-hybridized carbons (Fsp3) is 0.762. The Balaban J connectivity index is 0.00000280. The predicted octanol–water partition coefficient (Wildman–Crippen LogP) is 3.15. The Bertz CT molecular complexity index is 559. The summed E-state index contributed by atoms with van der Waals surface area (Å²) in [5.41, 5.74) is 0. The molecule has 1 aromatic heterocycles. The molecule has 3 N–H and O–H groups in total. The molecule has 3 rings (SSSR count). The van der Waals surface area contributed by atoms with Crippen molar-refractivity contribution in [1.29, 1.82) is 0 Å². The number of likely N-dealkylation sites (tertiary alicyclic amines) is 1. The molecule has 0 amide bonds. The highest BCUT2D eigenvalue weighted by molar-refractivity contribution is 14.0. The molecule has 2 heterocycles. The number of hydrogen-bond acceptors (Lipinski definition) is 4. The molecule has 1 saturated heterocycles. The Kier molecular flexibility index (Phi) is 10.6. The van der Waals surface area contributed by atoms with E-state index in [4.69, 9.17) is 4.42 Å². The first-order chi connectivity index (χ1) is 13.3. The van der Waals surface area contributed by atoms with Crippen LogP contribution in [0.2, 0.25) is 0 Å². The van der Waals surface area contributed by atoms with E-state index in [1.807, 2.05) is 12.1 Å². The third-order valence-electron chi connectivity index (χ3n) is 5.77. The van der Waals surface area contributed by atoms with E-state index in [0.717, 1.165) is 76.4 Å². The summed E-state index contributed by atoms with van der Waals surface area (Å²) in [5, 5.41) is 17.4. The van der Waals surface area contributed by atoms with Crippen LogP contribution in [0.3, 0.4) is 0 Å². The third-order valence-corrected chi connectivity index (χ3v) is 5.77. The van der Waals surface area contributed by atoms with Crippen LogP contribution in [0.25, 0.3) is 0 Å². The Morgan fingerprint density at radius 3 is 2.71 bits per heavy atom. The molecule has 2 atom stereocenters. The van der Waals surface area contributed by atoms with Crippen molar-refractivity contribution < 1.29 is 9.52 Å². The maximum absolute atomic E-state index is 10.3. The normalized spacial score (nSPS) is 24.6. The molecule has 0 spiro atoms. The summed E-state index contributed by atoms with van der Waals surface area (Å²) >= 11 is 0. The molecule has 1 aliphatic carbocycles. The lowest BCUT2D eigenvalue weighted by Gasteiger charge is -2.41. The molecule has 0 aromatic carbocycles. The Hall–Kier alpha value is -0.800. The summed E-state index contributed by atoms with van der Waals surface area (Å²) in [6, 6.07) is 4.76. The lowest BCUT2D eigenvalue weighted by molar-refractivity contribution is 0.00810. The van der Waals surface area contributed by atoms with Crippen LogP contribution in [-0.4, -0.2) is 60.3 Å². The SMILES string of the molecule is CCCN=C(NCCc1ccco1)NC1CCN(C2CCCCC2O)CC1.I. The number of rotatable bonds is 7. The van der Waals surface area contributed by atoms with Gasteiger partial charge in [0.1, 0.15) is 5.76 Å². The van der Waals surface area contributed by atoms with E-state index < -0.39 is 0 Å². The number of aliphatic imine (C=N–C) groups is 1. The van der Waals surface area contributed by atoms with Crippen molar-refractivity contribution in [3.05, 3.63) is 24.2 Å². The van der Waals surface area contributed by atoms with Gasteiger partial charge in [0.15, 0.2) is 5.96 Å². The number of hydrogen-bond donors (Lipinski definition) is 3. The highest BCUT2D eigenvalue weighted by atomic mass is 127. The van der Waals surface area contributed by atoms with Crippen molar-refractivity contribution in [1.82, 2.24) is 15.5 Å². The summed E-state index contributed by atoms with van der Waals surface area (Å²) in [6.07, 6.45) is 10.3. The van der Waals surface area contributed by atoms with Gasteiger partial charge in [0, 0.05) is 44.7 Å². The molecule has 1 aromatic rings. The predicted molar refractivity (Wildman–Crippen MR) is 124 cm³/mol. The average molecular weight is 504 g/mol. The standard InChI is InChI=1S/C21H36N4O2.HI/c1-2-12-22-21(23-13-9-18-6-5-16-27-18)24-17-10-14-25(15-11-17)19-7-3-4-8-20(19)26;/h5-6,16-17,19-20,26H,2-4,7-15H2,1H3,(H2,22,23,24);1H. The second kappa shape index (κ2) is 12.7. The molecule has 28 heavy (non-hydrogen) atoms. The number of halogens is 1. The van der Waals surface area contributed by atoms with Crippen molar-refractivity contribution in [3.8, 4) is 0 Å². The summed E-state index contributed by atoms with van der Waals surface area (Å²) in [4.78, 5) is 7.20. The van der Waals surface area contributed by atoms with Gasteiger partial charge in [-0.15, -0.1) is 24.0 Å². The number of nitrogens with zero attached hydrogens (tertiary/aromatic N) is 2. The Morgan fingerprint density at radius 1 is 1.25 bits per heavy atom. The molecule has 0 bridgehead atoms. The van der Waals surface area contributed by atoms with Crippen molar-refractivity contribution >= 4 is 29.9 Å². The second-order valence-electron chi connectivity index (χ2n) is 7.86. The van der Waals surface area contributed by atoms with E-state index in [1.54, 1.807) is 6.26 Å². The fourth-order valence-corrected chi connectivity index (χ4v) is 4.22. The van der Waals surface area contributed by atoms with Gasteiger partial charge in [0.2, 0.25) is 0 Å². The van der Waals surface area contributed by atoms with E-state index in [0.29, 0.717) is 12.1 Å². The van der Waals surface area contributed by atoms with Gasteiger partial charge in [0.05, 0.1) is 12.4 Å². The van der Waals surface area contributed by atoms with Gasteiger partial charge in [-0.25, -0.2) is 0 Å². The number of aliphatic hydroxyl groups excluding tert-OH is 1. The number of furan rings is 1. The van der Waals surface area contributed by atoms with E-state index >= 15 is 0 Å². The Morgan fingerprint density at radius 2 is 2.04 bits per heavy atom.